The number of hydrogen-bond donors (Lipinski definition) is 0. The first-order chi connectivity index (χ1) is 11.2. The van der Waals surface area contributed by atoms with Crippen molar-refractivity contribution < 1.29 is 4.74 Å². The van der Waals surface area contributed by atoms with E-state index in [1.54, 1.807) is 17.7 Å². The molecule has 2 saturated heterocycles. The number of ether oxygens (including phenoxy) is 1. The molecule has 0 unspecified atom stereocenters. The summed E-state index contributed by atoms with van der Waals surface area (Å²) < 4.78 is 5.49. The predicted octanol–water partition coefficient (Wildman–Crippen LogP) is 2.61. The molecule has 4 rings (SSSR count). The molecule has 23 heavy (non-hydrogen) atoms. The van der Waals surface area contributed by atoms with E-state index in [1.165, 1.54) is 28.7 Å². The minimum atomic E-state index is 0.710. The van der Waals surface area contributed by atoms with Crippen LogP contribution in [0.1, 0.15) is 23.3 Å². The van der Waals surface area contributed by atoms with Crippen molar-refractivity contribution in [2.75, 3.05) is 44.3 Å². The van der Waals surface area contributed by atoms with Gasteiger partial charge >= 0.3 is 0 Å². The first-order valence-corrected chi connectivity index (χ1v) is 9.33. The molecule has 0 spiro atoms. The Morgan fingerprint density at radius 1 is 1.09 bits per heavy atom. The molecular formula is C17H24N4OS. The number of hydrogen-bond acceptors (Lipinski definition) is 6. The van der Waals surface area contributed by atoms with Crippen molar-refractivity contribution in [2.45, 2.75) is 32.7 Å². The molecule has 4 heterocycles. The van der Waals surface area contributed by atoms with Crippen molar-refractivity contribution in [3.8, 4) is 0 Å². The lowest BCUT2D eigenvalue weighted by molar-refractivity contribution is 0.0321. The van der Waals surface area contributed by atoms with Gasteiger partial charge in [-0.15, -0.1) is 11.3 Å². The molecule has 2 aromatic rings. The van der Waals surface area contributed by atoms with Gasteiger partial charge in [-0.05, 0) is 32.3 Å². The van der Waals surface area contributed by atoms with Gasteiger partial charge in [-0.25, -0.2) is 9.97 Å². The molecule has 2 aliphatic heterocycles. The fourth-order valence-corrected chi connectivity index (χ4v) is 4.74. The summed E-state index contributed by atoms with van der Waals surface area (Å²) in [4.78, 5) is 16.6. The van der Waals surface area contributed by atoms with Crippen LogP contribution in [-0.2, 0) is 4.74 Å². The van der Waals surface area contributed by atoms with E-state index in [9.17, 15) is 0 Å². The van der Waals surface area contributed by atoms with Crippen LogP contribution in [0.2, 0.25) is 0 Å². The molecule has 2 aliphatic rings. The van der Waals surface area contributed by atoms with E-state index in [0.717, 1.165) is 50.0 Å². The molecule has 2 fully saturated rings. The number of fused-ring (bicyclic) bond motifs is 1. The van der Waals surface area contributed by atoms with Gasteiger partial charge in [0.05, 0.1) is 5.39 Å². The summed E-state index contributed by atoms with van der Waals surface area (Å²) in [6.07, 6.45) is 4.08. The highest BCUT2D eigenvalue weighted by atomic mass is 32.1. The minimum Gasteiger partial charge on any atom is -0.381 e. The van der Waals surface area contributed by atoms with Gasteiger partial charge in [0.1, 0.15) is 17.0 Å². The fraction of sp³-hybridized carbons (Fsp3) is 0.647. The van der Waals surface area contributed by atoms with Crippen LogP contribution < -0.4 is 4.90 Å². The molecule has 0 aliphatic carbocycles. The molecule has 0 amide bonds. The zero-order chi connectivity index (χ0) is 15.8. The second-order valence-corrected chi connectivity index (χ2v) is 7.73. The van der Waals surface area contributed by atoms with Gasteiger partial charge in [-0.1, -0.05) is 0 Å². The molecule has 0 bridgehead atoms. The number of thiophene rings is 1. The highest BCUT2D eigenvalue weighted by Crippen LogP contribution is 2.34. The number of anilines is 1. The van der Waals surface area contributed by atoms with Crippen molar-refractivity contribution >= 4 is 27.4 Å². The van der Waals surface area contributed by atoms with Gasteiger partial charge in [0.25, 0.3) is 0 Å². The topological polar surface area (TPSA) is 41.5 Å². The first-order valence-electron chi connectivity index (χ1n) is 8.51. The Balaban J connectivity index is 1.52. The minimum absolute atomic E-state index is 0.710. The number of aryl methyl sites for hydroxylation is 2. The SMILES string of the molecule is Cc1sc2ncnc(N3CCN(C4CCOCC4)CC3)c2c1C. The Hall–Kier alpha value is -1.24. The summed E-state index contributed by atoms with van der Waals surface area (Å²) in [6, 6.07) is 0.710. The maximum Gasteiger partial charge on any atom is 0.141 e. The molecule has 0 aromatic carbocycles. The van der Waals surface area contributed by atoms with Crippen molar-refractivity contribution in [1.29, 1.82) is 0 Å². The second-order valence-electron chi connectivity index (χ2n) is 6.53. The molecule has 124 valence electrons. The highest BCUT2D eigenvalue weighted by molar-refractivity contribution is 7.18. The molecule has 0 atom stereocenters. The molecule has 0 N–H and O–H groups in total. The molecule has 2 aromatic heterocycles. The number of nitrogens with zero attached hydrogens (tertiary/aromatic N) is 4. The second kappa shape index (κ2) is 6.34. The van der Waals surface area contributed by atoms with Crippen molar-refractivity contribution in [2.24, 2.45) is 0 Å². The summed E-state index contributed by atoms with van der Waals surface area (Å²) in [7, 11) is 0. The molecule has 0 saturated carbocycles. The van der Waals surface area contributed by atoms with Crippen LogP contribution in [0.15, 0.2) is 6.33 Å². The van der Waals surface area contributed by atoms with E-state index >= 15 is 0 Å². The molecule has 6 heteroatoms. The molecular weight excluding hydrogens is 308 g/mol. The summed E-state index contributed by atoms with van der Waals surface area (Å²) in [5.74, 6) is 1.13. The average Bonchev–Trinajstić information content (AvgIpc) is 2.90. The lowest BCUT2D eigenvalue weighted by Gasteiger charge is -2.41. The Labute approximate surface area is 141 Å². The van der Waals surface area contributed by atoms with E-state index in [1.807, 2.05) is 0 Å². The van der Waals surface area contributed by atoms with E-state index in [2.05, 4.69) is 33.6 Å². The predicted molar refractivity (Wildman–Crippen MR) is 94.5 cm³/mol. The van der Waals surface area contributed by atoms with Crippen molar-refractivity contribution in [3.63, 3.8) is 0 Å². The Bertz CT molecular complexity index is 687. The normalized spacial score (nSPS) is 21.2. The van der Waals surface area contributed by atoms with Crippen LogP contribution in [0.4, 0.5) is 5.82 Å². The van der Waals surface area contributed by atoms with Crippen LogP contribution >= 0.6 is 11.3 Å². The van der Waals surface area contributed by atoms with Crippen LogP contribution in [0.3, 0.4) is 0 Å². The largest absolute Gasteiger partial charge is 0.381 e. The summed E-state index contributed by atoms with van der Waals surface area (Å²) >= 11 is 1.78. The van der Waals surface area contributed by atoms with E-state index in [4.69, 9.17) is 4.74 Å². The van der Waals surface area contributed by atoms with Gasteiger partial charge in [-0.2, -0.15) is 0 Å². The third kappa shape index (κ3) is 2.84. The molecule has 0 radical (unpaired) electrons. The van der Waals surface area contributed by atoms with Gasteiger partial charge in [0, 0.05) is 50.3 Å². The number of aromatic nitrogens is 2. The highest BCUT2D eigenvalue weighted by Gasteiger charge is 2.27. The fourth-order valence-electron chi connectivity index (χ4n) is 3.75. The summed E-state index contributed by atoms with van der Waals surface area (Å²) in [6.45, 7) is 10.6. The average molecular weight is 332 g/mol. The standard InChI is InChI=1S/C17H24N4OS/c1-12-13(2)23-17-15(12)16(18-11-19-17)21-7-5-20(6-8-21)14-3-9-22-10-4-14/h11,14H,3-10H2,1-2H3. The van der Waals surface area contributed by atoms with E-state index in [-0.39, 0.29) is 0 Å². The molecule has 5 nitrogen and oxygen atoms in total. The third-order valence-corrected chi connectivity index (χ3v) is 6.38. The summed E-state index contributed by atoms with van der Waals surface area (Å²) in [5.41, 5.74) is 1.34. The Morgan fingerprint density at radius 2 is 1.83 bits per heavy atom. The maximum absolute atomic E-state index is 5.49. The quantitative estimate of drug-likeness (QED) is 0.845. The third-order valence-electron chi connectivity index (χ3n) is 5.27. The Morgan fingerprint density at radius 3 is 2.57 bits per heavy atom. The van der Waals surface area contributed by atoms with Gasteiger partial charge < -0.3 is 9.64 Å². The lowest BCUT2D eigenvalue weighted by atomic mass is 10.1. The van der Waals surface area contributed by atoms with E-state index < -0.39 is 0 Å². The van der Waals surface area contributed by atoms with Crippen molar-refractivity contribution in [1.82, 2.24) is 14.9 Å². The van der Waals surface area contributed by atoms with E-state index in [0.29, 0.717) is 6.04 Å². The van der Waals surface area contributed by atoms with Gasteiger partial charge in [-0.3, -0.25) is 4.90 Å². The van der Waals surface area contributed by atoms with Gasteiger partial charge in [0.2, 0.25) is 0 Å². The zero-order valence-corrected chi connectivity index (χ0v) is 14.7. The van der Waals surface area contributed by atoms with Crippen LogP contribution in [0, 0.1) is 13.8 Å². The zero-order valence-electron chi connectivity index (χ0n) is 13.9. The van der Waals surface area contributed by atoms with Gasteiger partial charge in [0.15, 0.2) is 0 Å². The number of piperazine rings is 1. The van der Waals surface area contributed by atoms with Crippen LogP contribution in [-0.4, -0.2) is 60.3 Å². The smallest absolute Gasteiger partial charge is 0.141 e. The monoisotopic (exact) mass is 332 g/mol. The lowest BCUT2D eigenvalue weighted by Crippen LogP contribution is -2.51. The van der Waals surface area contributed by atoms with Crippen molar-refractivity contribution in [3.05, 3.63) is 16.8 Å². The first kappa shape index (κ1) is 15.3. The van der Waals surface area contributed by atoms with Crippen LogP contribution in [0.5, 0.6) is 0 Å². The van der Waals surface area contributed by atoms with Crippen LogP contribution in [0.25, 0.3) is 10.2 Å². The summed E-state index contributed by atoms with van der Waals surface area (Å²) in [5, 5.41) is 1.26. The number of rotatable bonds is 2. The Kier molecular flexibility index (Phi) is 4.22. The maximum atomic E-state index is 5.49.